The first-order chi connectivity index (χ1) is 29.0. The van der Waals surface area contributed by atoms with Crippen LogP contribution in [0.15, 0.2) is 111 Å². The first-order valence-electron chi connectivity index (χ1n) is 16.9. The van der Waals surface area contributed by atoms with Gasteiger partial charge < -0.3 is 15.2 Å². The summed E-state index contributed by atoms with van der Waals surface area (Å²) in [6.45, 7) is 4.20. The van der Waals surface area contributed by atoms with Crippen LogP contribution in [0.4, 0.5) is 0 Å². The van der Waals surface area contributed by atoms with Gasteiger partial charge in [-0.15, -0.1) is 22.7 Å². The molecule has 6 heterocycles. The molecule has 64 heavy (non-hydrogen) atoms. The number of hydrogen-bond donors (Lipinski definition) is 3. The number of fused-ring (bicyclic) bond motifs is 3. The monoisotopic (exact) mass is 1500 g/mol. The van der Waals surface area contributed by atoms with Crippen LogP contribution in [0.25, 0.3) is 43.1 Å². The van der Waals surface area contributed by atoms with Gasteiger partial charge in [0.2, 0.25) is 4.21 Å². The Morgan fingerprint density at radius 3 is 1.72 bits per heavy atom. The number of aromatic amines is 1. The number of allylic oxidation sites excluding steroid dienone is 1. The van der Waals surface area contributed by atoms with E-state index in [2.05, 4.69) is 105 Å². The molecule has 0 fully saturated rings. The van der Waals surface area contributed by atoms with Crippen molar-refractivity contribution in [3.05, 3.63) is 120 Å². The number of carbonyl (C=O) groups is 4. The molecule has 0 amide bonds. The van der Waals surface area contributed by atoms with Gasteiger partial charge in [-0.1, -0.05) is 78.6 Å². The number of aromatic nitrogens is 6. The second kappa shape index (κ2) is 26.8. The van der Waals surface area contributed by atoms with Crippen molar-refractivity contribution in [2.24, 2.45) is 0 Å². The van der Waals surface area contributed by atoms with E-state index in [1.54, 1.807) is 31.1 Å². The van der Waals surface area contributed by atoms with Crippen molar-refractivity contribution in [1.82, 2.24) is 29.1 Å². The second-order valence-electron chi connectivity index (χ2n) is 12.3. The molecule has 0 aliphatic carbocycles. The molecule has 1 aliphatic heterocycles. The molecular weight excluding hydrogens is 1470 g/mol. The number of nitrogens with one attached hydrogen (secondary N) is 1. The predicted molar refractivity (Wildman–Crippen MR) is 282 cm³/mol. The number of benzene rings is 3. The smallest absolute Gasteiger partial charge is 0 e. The zero-order valence-electron chi connectivity index (χ0n) is 32.4. The fourth-order valence-corrected chi connectivity index (χ4v) is 9.18. The normalized spacial score (nSPS) is 13.4. The van der Waals surface area contributed by atoms with Crippen molar-refractivity contribution in [3.63, 3.8) is 0 Å². The van der Waals surface area contributed by atoms with Crippen LogP contribution in [0.3, 0.4) is 0 Å². The summed E-state index contributed by atoms with van der Waals surface area (Å²) in [5.41, 5.74) is 5.63. The van der Waals surface area contributed by atoms with Gasteiger partial charge in [0.15, 0.2) is 23.1 Å². The van der Waals surface area contributed by atoms with E-state index in [4.69, 9.17) is 11.6 Å². The van der Waals surface area contributed by atoms with Crippen molar-refractivity contribution < 1.29 is 61.2 Å². The first-order valence-corrected chi connectivity index (χ1v) is 34.8. The standard InChI is InChI=1S/2C13H9BrN2O2S.C7H5BrN2.C6H5ClO2S.CH4.B.I3.V/c1-7(17)13-11(18)5-12(19-13)16-6-15-9-4-8(14)2-3-10(9)16;1-7(17)13-11(18)5-12(19-13)16-6-15-9-3-2-8(14)4-10(9)16;8-5-1-2-6-7(3-5)10-4-9-6;1-4(8)6(7)5(9)2-3-10-6;;;1-3-2;/h2*2-6,18H,1H3;1-4H,(H,9,10);2-3H,1H3;1H4;;;/q;;;;;;-1;. The van der Waals surface area contributed by atoms with Crippen LogP contribution in [0.1, 0.15) is 47.5 Å². The summed E-state index contributed by atoms with van der Waals surface area (Å²) in [5, 5.41) is 22.6. The van der Waals surface area contributed by atoms with Crippen molar-refractivity contribution >= 4 is 196 Å². The molecule has 24 heteroatoms. The summed E-state index contributed by atoms with van der Waals surface area (Å²) >= 11 is 24.7. The van der Waals surface area contributed by atoms with E-state index in [-0.39, 0.29) is 69.0 Å². The topological polar surface area (TPSA) is 173 Å². The summed E-state index contributed by atoms with van der Waals surface area (Å²) in [4.78, 5) is 60.9. The number of aromatic hydroxyl groups is 2. The van der Waals surface area contributed by atoms with Crippen LogP contribution in [-0.2, 0) is 28.1 Å². The molecule has 12 nitrogen and oxygen atoms in total. The molecule has 1 atom stereocenters. The largest absolute Gasteiger partial charge is 0 e. The van der Waals surface area contributed by atoms with Crippen LogP contribution in [0.5, 0.6) is 11.5 Å². The van der Waals surface area contributed by atoms with E-state index < -0.39 is 4.21 Å². The Hall–Kier alpha value is -1.59. The Labute approximate surface area is 454 Å². The van der Waals surface area contributed by atoms with E-state index in [1.165, 1.54) is 54.9 Å². The summed E-state index contributed by atoms with van der Waals surface area (Å²) in [6.07, 6.45) is 6.38. The number of halogens is 7. The van der Waals surface area contributed by atoms with Crippen molar-refractivity contribution in [2.45, 2.75) is 32.4 Å². The number of Topliss-reactive ketones (excluding diaryl/α,β-unsaturated/α-hetero) is 3. The van der Waals surface area contributed by atoms with E-state index in [9.17, 15) is 29.4 Å². The predicted octanol–water partition coefficient (Wildman–Crippen LogP) is 10.2. The number of hydrogen-bond acceptors (Lipinski definition) is 12. The summed E-state index contributed by atoms with van der Waals surface area (Å²) in [5.74, 6) is -0.878. The molecule has 1 unspecified atom stereocenters. The summed E-state index contributed by atoms with van der Waals surface area (Å²) in [7, 11) is 0. The zero-order chi connectivity index (χ0) is 44.6. The van der Waals surface area contributed by atoms with Crippen molar-refractivity contribution in [3.8, 4) is 21.5 Å². The molecule has 0 saturated heterocycles. The molecule has 3 aromatic carbocycles. The summed E-state index contributed by atoms with van der Waals surface area (Å²) < 4.78 is 5.36. The van der Waals surface area contributed by atoms with E-state index in [1.807, 2.05) is 63.7 Å². The van der Waals surface area contributed by atoms with Crippen LogP contribution in [0.2, 0.25) is 0 Å². The van der Waals surface area contributed by atoms with Gasteiger partial charge in [0.05, 0.1) is 39.4 Å². The number of nitrogens with zero attached hydrogens (tertiary/aromatic N) is 5. The van der Waals surface area contributed by atoms with Crippen molar-refractivity contribution in [1.29, 1.82) is 0 Å². The maximum absolute atomic E-state index is 11.4. The number of thiophene rings is 2. The van der Waals surface area contributed by atoms with Crippen LogP contribution in [0, 0.1) is 0 Å². The Kier molecular flexibility index (Phi) is 24.5. The Morgan fingerprint density at radius 2 is 1.23 bits per heavy atom. The van der Waals surface area contributed by atoms with Gasteiger partial charge >= 0.3 is 50.5 Å². The van der Waals surface area contributed by atoms with E-state index >= 15 is 0 Å². The number of alkyl halides is 1. The number of thioether (sulfide) groups is 1. The third-order valence-corrected chi connectivity index (χ3v) is 13.9. The average molecular weight is 1510 g/mol. The molecule has 0 saturated carbocycles. The van der Waals surface area contributed by atoms with Crippen LogP contribution < -0.4 is 13.3 Å². The van der Waals surface area contributed by atoms with E-state index in [0.717, 1.165) is 68.3 Å². The Morgan fingerprint density at radius 1 is 0.750 bits per heavy atom. The Bertz CT molecular complexity index is 2950. The maximum atomic E-state index is 11.4. The van der Waals surface area contributed by atoms with Gasteiger partial charge in [-0.05, 0) is 73.0 Å². The van der Waals surface area contributed by atoms with Crippen LogP contribution >= 0.6 is 131 Å². The van der Waals surface area contributed by atoms with Gasteiger partial charge in [0, 0.05) is 66.4 Å². The number of rotatable bonds is 5. The first kappa shape index (κ1) is 58.5. The molecular formula is C40H32BBr3ClI3N6O6S3V-. The molecule has 334 valence electrons. The van der Waals surface area contributed by atoms with Crippen molar-refractivity contribution in [2.75, 3.05) is 0 Å². The number of ketones is 4. The minimum absolute atomic E-state index is 0. The molecule has 4 radical (unpaired) electrons. The average Bonchev–Trinajstić information content (AvgIpc) is 4.07. The molecule has 3 N–H and O–H groups in total. The SMILES string of the molecule is Brc1ccc2nc[nH]c2c1.C.CC(=O)C1(Cl)SC=CC1=O.CC(=O)c1sc(-n2cnc3cc(Br)ccc32)cc1O.CC(=O)c1sc(-n2cnc3ccc(Br)cc32)cc1O.I[I-]I.[B].[V]. The minimum atomic E-state index is -1.35. The van der Waals surface area contributed by atoms with Gasteiger partial charge in [0.1, 0.15) is 43.9 Å². The molecule has 8 aromatic rings. The zero-order valence-corrected chi connectivity index (χ0v) is 48.2. The minimum Gasteiger partial charge on any atom is 0 e. The Balaban J connectivity index is 0.000000294. The van der Waals surface area contributed by atoms with Gasteiger partial charge in [-0.25, -0.2) is 15.0 Å². The van der Waals surface area contributed by atoms with Gasteiger partial charge in [0.25, 0.3) is 0 Å². The molecule has 0 spiro atoms. The fraction of sp³-hybridized carbons (Fsp3) is 0.125. The van der Waals surface area contributed by atoms with E-state index in [0.29, 0.717) is 23.0 Å². The quantitative estimate of drug-likeness (QED) is 0.0495. The number of imidazole rings is 3. The molecule has 0 bridgehead atoms. The third kappa shape index (κ3) is 14.7. The summed E-state index contributed by atoms with van der Waals surface area (Å²) in [6, 6.07) is 20.7. The van der Waals surface area contributed by atoms with Gasteiger partial charge in [-0.3, -0.25) is 28.3 Å². The number of carbonyl (C=O) groups excluding carboxylic acids is 4. The fourth-order valence-electron chi connectivity index (χ4n) is 5.32. The molecule has 5 aromatic heterocycles. The second-order valence-corrected chi connectivity index (χ2v) is 35.2. The van der Waals surface area contributed by atoms with Crippen LogP contribution in [-0.4, -0.2) is 75.0 Å². The molecule has 9 rings (SSSR count). The maximum Gasteiger partial charge on any atom is 0 e. The van der Waals surface area contributed by atoms with Gasteiger partial charge in [-0.2, -0.15) is 0 Å². The number of H-pyrrole nitrogens is 1. The third-order valence-electron chi connectivity index (χ3n) is 8.13. The molecule has 1 aliphatic rings.